The van der Waals surface area contributed by atoms with Gasteiger partial charge in [0, 0.05) is 78.5 Å². The van der Waals surface area contributed by atoms with E-state index in [4.69, 9.17) is 79.2 Å². The van der Waals surface area contributed by atoms with Crippen molar-refractivity contribution in [1.29, 1.82) is 0 Å². The third-order valence-corrected chi connectivity index (χ3v) is 3.60. The van der Waals surface area contributed by atoms with Crippen LogP contribution in [0.1, 0.15) is 0 Å². The zero-order valence-corrected chi connectivity index (χ0v) is 22.3. The number of carboxylic acids is 8. The Kier molecular flexibility index (Phi) is 34.7. The van der Waals surface area contributed by atoms with Crippen molar-refractivity contribution in [2.75, 3.05) is 78.5 Å². The molecule has 1 aliphatic rings. The Bertz CT molecular complexity index is 607. The van der Waals surface area contributed by atoms with Crippen molar-refractivity contribution in [2.45, 2.75) is 0 Å². The predicted molar refractivity (Wildman–Crippen MR) is 138 cm³/mol. The molecule has 1 heterocycles. The zero-order chi connectivity index (χ0) is 33.3. The first-order valence-electron chi connectivity index (χ1n) is 11.7. The monoisotopic (exact) mass is 618 g/mol. The molecule has 0 unspecified atom stereocenters. The molecule has 1 rings (SSSR count). The lowest BCUT2D eigenvalue weighted by molar-refractivity contribution is -0.159. The Morgan fingerprint density at radius 2 is 0.310 bits per heavy atom. The second-order valence-corrected chi connectivity index (χ2v) is 6.94. The van der Waals surface area contributed by atoms with E-state index in [1.165, 1.54) is 0 Å². The van der Waals surface area contributed by atoms with E-state index in [-0.39, 0.29) is 0 Å². The van der Waals surface area contributed by atoms with Crippen molar-refractivity contribution in [3.8, 4) is 0 Å². The Morgan fingerprint density at radius 1 is 0.238 bits per heavy atom. The number of carboxylic acid groups (broad SMARTS) is 8. The maximum atomic E-state index is 9.10. The summed E-state index contributed by atoms with van der Waals surface area (Å²) in [7, 11) is 0. The molecule has 0 aromatic carbocycles. The van der Waals surface area contributed by atoms with Crippen LogP contribution in [0.2, 0.25) is 0 Å². The van der Waals surface area contributed by atoms with Gasteiger partial charge in [-0.2, -0.15) is 0 Å². The van der Waals surface area contributed by atoms with E-state index in [9.17, 15) is 0 Å². The minimum absolute atomic E-state index is 1.04. The largest absolute Gasteiger partial charge is 0.473 e. The summed E-state index contributed by atoms with van der Waals surface area (Å²) in [5, 5.41) is 79.6. The molecule has 0 aromatic rings. The number of rotatable bonds is 0. The number of hydrogen-bond donors (Lipinski definition) is 14. The summed E-state index contributed by atoms with van der Waals surface area (Å²) in [5.74, 6) is -14.6. The fourth-order valence-corrected chi connectivity index (χ4v) is 1.81. The van der Waals surface area contributed by atoms with E-state index < -0.39 is 47.8 Å². The topological polar surface area (TPSA) is 371 Å². The second kappa shape index (κ2) is 32.7. The average Bonchev–Trinajstić information content (AvgIpc) is 2.90. The zero-order valence-electron chi connectivity index (χ0n) is 22.3. The molecule has 42 heavy (non-hydrogen) atoms. The first-order valence-corrected chi connectivity index (χ1v) is 11.7. The third-order valence-electron chi connectivity index (χ3n) is 3.60. The molecule has 244 valence electrons. The number of carbonyl (C=O) groups is 8. The van der Waals surface area contributed by atoms with Crippen LogP contribution in [-0.4, -0.2) is 167 Å². The molecule has 0 bridgehead atoms. The van der Waals surface area contributed by atoms with Crippen molar-refractivity contribution in [3.05, 3.63) is 0 Å². The summed E-state index contributed by atoms with van der Waals surface area (Å²) < 4.78 is 0. The lowest BCUT2D eigenvalue weighted by Crippen LogP contribution is -2.39. The fourth-order valence-electron chi connectivity index (χ4n) is 1.81. The highest BCUT2D eigenvalue weighted by molar-refractivity contribution is 6.28. The van der Waals surface area contributed by atoms with Gasteiger partial charge in [0.2, 0.25) is 0 Å². The second-order valence-electron chi connectivity index (χ2n) is 6.94. The lowest BCUT2D eigenvalue weighted by Gasteiger charge is -2.11. The average molecular weight is 619 g/mol. The van der Waals surface area contributed by atoms with Gasteiger partial charge < -0.3 is 72.8 Å². The van der Waals surface area contributed by atoms with Gasteiger partial charge >= 0.3 is 47.8 Å². The number of nitrogens with one attached hydrogen (secondary N) is 6. The highest BCUT2D eigenvalue weighted by Gasteiger charge is 2.05. The summed E-state index contributed by atoms with van der Waals surface area (Å²) in [5.41, 5.74) is 0. The highest BCUT2D eigenvalue weighted by atomic mass is 16.5. The molecule has 14 N–H and O–H groups in total. The van der Waals surface area contributed by atoms with Crippen molar-refractivity contribution in [3.63, 3.8) is 0 Å². The number of hydrogen-bond acceptors (Lipinski definition) is 14. The molecule has 0 spiro atoms. The van der Waals surface area contributed by atoms with Crippen LogP contribution < -0.4 is 31.9 Å². The van der Waals surface area contributed by atoms with Gasteiger partial charge in [-0.25, -0.2) is 38.4 Å². The highest BCUT2D eigenvalue weighted by Crippen LogP contribution is 1.66. The molecule has 0 atom stereocenters. The molecular formula is C20H38N6O16. The van der Waals surface area contributed by atoms with Crippen LogP contribution in [0, 0.1) is 0 Å². The molecule has 22 heteroatoms. The Balaban J connectivity index is -0.000000248. The van der Waals surface area contributed by atoms with Crippen LogP contribution in [0.15, 0.2) is 0 Å². The van der Waals surface area contributed by atoms with Gasteiger partial charge in [0.05, 0.1) is 0 Å². The molecule has 1 aliphatic heterocycles. The fraction of sp³-hybridized carbons (Fsp3) is 0.600. The summed E-state index contributed by atoms with van der Waals surface area (Å²) in [4.78, 5) is 72.8. The summed E-state index contributed by atoms with van der Waals surface area (Å²) in [6.45, 7) is 12.5. The summed E-state index contributed by atoms with van der Waals surface area (Å²) >= 11 is 0. The Morgan fingerprint density at radius 3 is 0.357 bits per heavy atom. The maximum absolute atomic E-state index is 9.10. The molecule has 0 radical (unpaired) electrons. The van der Waals surface area contributed by atoms with Crippen LogP contribution in [0.3, 0.4) is 0 Å². The van der Waals surface area contributed by atoms with Crippen LogP contribution in [0.4, 0.5) is 0 Å². The van der Waals surface area contributed by atoms with Crippen LogP contribution >= 0.6 is 0 Å². The van der Waals surface area contributed by atoms with Gasteiger partial charge in [0.15, 0.2) is 0 Å². The standard InChI is InChI=1S/C12H30N6.4C2H2O4/c1-2-14-5-6-16-9-10-18-12-11-17-8-7-15-4-3-13-1;4*3-1(4)2(5)6/h13-18H,1-12H2;4*(H,3,4)(H,5,6). The summed E-state index contributed by atoms with van der Waals surface area (Å²) in [6.07, 6.45) is 0. The first-order chi connectivity index (χ1) is 19.6. The molecule has 0 aromatic heterocycles. The van der Waals surface area contributed by atoms with E-state index in [0.29, 0.717) is 0 Å². The lowest BCUT2D eigenvalue weighted by atomic mass is 10.4. The maximum Gasteiger partial charge on any atom is 0.414 e. The van der Waals surface area contributed by atoms with Crippen molar-refractivity contribution in [1.82, 2.24) is 31.9 Å². The van der Waals surface area contributed by atoms with Crippen LogP contribution in [-0.2, 0) is 38.4 Å². The quantitative estimate of drug-likeness (QED) is 0.112. The third kappa shape index (κ3) is 48.6. The van der Waals surface area contributed by atoms with E-state index in [1.54, 1.807) is 0 Å². The molecular weight excluding hydrogens is 580 g/mol. The molecule has 1 fully saturated rings. The SMILES string of the molecule is C1CNCCNCCNCCNCCNCCN1.O=C(O)C(=O)O.O=C(O)C(=O)O.O=C(O)C(=O)O.O=C(O)C(=O)O. The Labute approximate surface area is 238 Å². The van der Waals surface area contributed by atoms with Crippen LogP contribution in [0.25, 0.3) is 0 Å². The van der Waals surface area contributed by atoms with Gasteiger partial charge in [-0.1, -0.05) is 0 Å². The van der Waals surface area contributed by atoms with E-state index in [1.807, 2.05) is 0 Å². The van der Waals surface area contributed by atoms with Crippen molar-refractivity contribution in [2.24, 2.45) is 0 Å². The van der Waals surface area contributed by atoms with Gasteiger partial charge in [0.25, 0.3) is 0 Å². The van der Waals surface area contributed by atoms with E-state index in [0.717, 1.165) is 78.5 Å². The van der Waals surface area contributed by atoms with Crippen molar-refractivity contribution >= 4 is 47.8 Å². The van der Waals surface area contributed by atoms with Gasteiger partial charge in [-0.05, 0) is 0 Å². The van der Waals surface area contributed by atoms with E-state index >= 15 is 0 Å². The van der Waals surface area contributed by atoms with Gasteiger partial charge in [-0.15, -0.1) is 0 Å². The minimum atomic E-state index is -1.82. The van der Waals surface area contributed by atoms with E-state index in [2.05, 4.69) is 31.9 Å². The normalized spacial score (nSPS) is 14.5. The van der Waals surface area contributed by atoms with Crippen molar-refractivity contribution < 1.29 is 79.2 Å². The number of aliphatic carboxylic acids is 8. The van der Waals surface area contributed by atoms with Crippen LogP contribution in [0.5, 0.6) is 0 Å². The smallest absolute Gasteiger partial charge is 0.414 e. The Hall–Kier alpha value is -4.48. The molecule has 0 amide bonds. The molecule has 22 nitrogen and oxygen atoms in total. The summed E-state index contributed by atoms with van der Waals surface area (Å²) in [6, 6.07) is 0. The molecule has 1 saturated heterocycles. The first kappa shape index (κ1) is 44.5. The molecule has 0 saturated carbocycles. The predicted octanol–water partition coefficient (Wildman–Crippen LogP) is -5.84. The van der Waals surface area contributed by atoms with Gasteiger partial charge in [-0.3, -0.25) is 0 Å². The molecule has 0 aliphatic carbocycles. The minimum Gasteiger partial charge on any atom is -0.473 e. The van der Waals surface area contributed by atoms with Gasteiger partial charge in [0.1, 0.15) is 0 Å².